The molecule has 10 heteroatoms. The fourth-order valence-electron chi connectivity index (χ4n) is 3.81. The van der Waals surface area contributed by atoms with Crippen LogP contribution >= 0.6 is 35.0 Å². The molecule has 35 heavy (non-hydrogen) atoms. The topological polar surface area (TPSA) is 88.8 Å². The molecular formula is C25H24Cl2N2O5S. The molecule has 0 saturated carbocycles. The largest absolute Gasteiger partial charge is 0.422 e. The minimum Gasteiger partial charge on any atom is -0.422 e. The molecule has 1 aliphatic rings. The average Bonchev–Trinajstić information content (AvgIpc) is 2.83. The molecule has 4 rings (SSSR count). The number of fused-ring (bicyclic) bond motifs is 1. The highest BCUT2D eigenvalue weighted by Crippen LogP contribution is 2.25. The van der Waals surface area contributed by atoms with E-state index in [2.05, 4.69) is 10.2 Å². The molecule has 0 radical (unpaired) electrons. The van der Waals surface area contributed by atoms with Gasteiger partial charge in [-0.25, -0.2) is 4.79 Å². The summed E-state index contributed by atoms with van der Waals surface area (Å²) in [6.45, 7) is 4.56. The Bertz CT molecular complexity index is 1310. The number of thioether (sulfide) groups is 1. The van der Waals surface area contributed by atoms with Gasteiger partial charge in [-0.2, -0.15) is 0 Å². The number of halogens is 2. The predicted octanol–water partition coefficient (Wildman–Crippen LogP) is 4.41. The minimum atomic E-state index is -0.648. The van der Waals surface area contributed by atoms with Crippen LogP contribution in [0.5, 0.6) is 0 Å². The van der Waals surface area contributed by atoms with Crippen molar-refractivity contribution in [2.75, 3.05) is 32.0 Å². The number of hydrogen-bond donors (Lipinski definition) is 1. The van der Waals surface area contributed by atoms with E-state index in [4.69, 9.17) is 32.4 Å². The van der Waals surface area contributed by atoms with Crippen molar-refractivity contribution in [1.29, 1.82) is 0 Å². The van der Waals surface area contributed by atoms with Crippen LogP contribution in [0.4, 0.5) is 0 Å². The molecule has 1 unspecified atom stereocenters. The summed E-state index contributed by atoms with van der Waals surface area (Å²) in [7, 11) is 0. The Labute approximate surface area is 216 Å². The molecule has 7 nitrogen and oxygen atoms in total. The van der Waals surface area contributed by atoms with Crippen molar-refractivity contribution < 1.29 is 18.7 Å². The van der Waals surface area contributed by atoms with Gasteiger partial charge in [0.2, 0.25) is 5.91 Å². The lowest BCUT2D eigenvalue weighted by Crippen LogP contribution is -2.47. The Balaban J connectivity index is 1.26. The molecule has 1 N–H and O–H groups in total. The molecule has 1 fully saturated rings. The maximum atomic E-state index is 12.4. The summed E-state index contributed by atoms with van der Waals surface area (Å²) in [6.07, 6.45) is -0.103. The van der Waals surface area contributed by atoms with E-state index in [1.165, 1.54) is 24.8 Å². The zero-order valence-corrected chi connectivity index (χ0v) is 21.3. The second-order valence-corrected chi connectivity index (χ2v) is 10.1. The molecule has 3 aromatic rings. The molecular weight excluding hydrogens is 511 g/mol. The van der Waals surface area contributed by atoms with E-state index in [9.17, 15) is 14.4 Å². The first kappa shape index (κ1) is 25.7. The van der Waals surface area contributed by atoms with E-state index in [-0.39, 0.29) is 29.1 Å². The fraction of sp³-hybridized carbons (Fsp3) is 0.320. The van der Waals surface area contributed by atoms with Gasteiger partial charge >= 0.3 is 5.63 Å². The number of rotatable bonds is 8. The summed E-state index contributed by atoms with van der Waals surface area (Å²) in [5, 5.41) is 4.65. The van der Waals surface area contributed by atoms with Gasteiger partial charge < -0.3 is 14.5 Å². The summed E-state index contributed by atoms with van der Waals surface area (Å²) in [6, 6.07) is 12.4. The van der Waals surface area contributed by atoms with Crippen molar-refractivity contribution in [3.63, 3.8) is 0 Å². The molecule has 1 amide bonds. The molecule has 1 aromatic heterocycles. The number of morpholine rings is 1. The lowest BCUT2D eigenvalue weighted by molar-refractivity contribution is -0.119. The standard InChI is InChI=1S/C25H24Cl2N2O5S/c1-15(30)20-10-17-9-19(3-5-23(17)34-25(20)32)35-14-24(31)28-11-18-13-29(6-7-33-18)12-16-2-4-21(26)22(27)8-16/h2-5,8-10,18H,6-7,11-14H2,1H3,(H,28,31). The van der Waals surface area contributed by atoms with Crippen LogP contribution in [0.1, 0.15) is 22.8 Å². The molecule has 184 valence electrons. The van der Waals surface area contributed by atoms with E-state index < -0.39 is 5.63 Å². The van der Waals surface area contributed by atoms with Crippen LogP contribution in [0, 0.1) is 0 Å². The zero-order chi connectivity index (χ0) is 24.9. The van der Waals surface area contributed by atoms with Gasteiger partial charge in [0.05, 0.1) is 28.5 Å². The number of Topliss-reactive ketones (excluding diaryl/α,β-unsaturated/α-hetero) is 1. The van der Waals surface area contributed by atoms with E-state index >= 15 is 0 Å². The van der Waals surface area contributed by atoms with Gasteiger partial charge in [-0.3, -0.25) is 14.5 Å². The highest BCUT2D eigenvalue weighted by Gasteiger charge is 2.21. The molecule has 1 aliphatic heterocycles. The Morgan fingerprint density at radius 3 is 2.74 bits per heavy atom. The van der Waals surface area contributed by atoms with Crippen molar-refractivity contribution in [2.24, 2.45) is 0 Å². The van der Waals surface area contributed by atoms with Crippen LogP contribution in [-0.2, 0) is 16.1 Å². The van der Waals surface area contributed by atoms with Gasteiger partial charge in [-0.05, 0) is 48.9 Å². The Kier molecular flexibility index (Phi) is 8.51. The van der Waals surface area contributed by atoms with Crippen LogP contribution in [0.2, 0.25) is 10.0 Å². The van der Waals surface area contributed by atoms with Gasteiger partial charge in [0.15, 0.2) is 5.78 Å². The number of amides is 1. The van der Waals surface area contributed by atoms with E-state index in [1.54, 1.807) is 24.3 Å². The molecule has 0 bridgehead atoms. The van der Waals surface area contributed by atoms with Crippen LogP contribution in [0.15, 0.2) is 56.6 Å². The van der Waals surface area contributed by atoms with E-state index in [1.807, 2.05) is 12.1 Å². The summed E-state index contributed by atoms with van der Waals surface area (Å²) >= 11 is 13.5. The number of carbonyl (C=O) groups excluding carboxylic acids is 2. The van der Waals surface area contributed by atoms with Gasteiger partial charge in [-0.1, -0.05) is 29.3 Å². The fourth-order valence-corrected chi connectivity index (χ4v) is 4.90. The van der Waals surface area contributed by atoms with E-state index in [0.717, 1.165) is 23.5 Å². The molecule has 2 heterocycles. The first-order valence-electron chi connectivity index (χ1n) is 11.0. The van der Waals surface area contributed by atoms with Gasteiger partial charge in [0.1, 0.15) is 11.1 Å². The van der Waals surface area contributed by atoms with Gasteiger partial charge in [-0.15, -0.1) is 11.8 Å². The number of ketones is 1. The molecule has 0 aliphatic carbocycles. The number of carbonyl (C=O) groups is 2. The number of nitrogens with one attached hydrogen (secondary N) is 1. The normalized spacial score (nSPS) is 16.4. The quantitative estimate of drug-likeness (QED) is 0.260. The molecule has 1 saturated heterocycles. The number of benzene rings is 2. The van der Waals surface area contributed by atoms with Crippen LogP contribution in [-0.4, -0.2) is 54.7 Å². The Morgan fingerprint density at radius 1 is 1.14 bits per heavy atom. The SMILES string of the molecule is CC(=O)c1cc2cc(SCC(=O)NCC3CN(Cc4ccc(Cl)c(Cl)c4)CCO3)ccc2oc1=O. The Hall–Kier alpha value is -2.36. The van der Waals surface area contributed by atoms with Crippen molar-refractivity contribution >= 4 is 57.6 Å². The lowest BCUT2D eigenvalue weighted by Gasteiger charge is -2.33. The monoisotopic (exact) mass is 534 g/mol. The molecule has 0 spiro atoms. The average molecular weight is 535 g/mol. The third-order valence-electron chi connectivity index (χ3n) is 5.59. The summed E-state index contributed by atoms with van der Waals surface area (Å²) in [5.74, 6) is -0.232. The van der Waals surface area contributed by atoms with Crippen molar-refractivity contribution in [1.82, 2.24) is 10.2 Å². The third-order valence-corrected chi connectivity index (χ3v) is 7.33. The number of nitrogens with zero attached hydrogens (tertiary/aromatic N) is 1. The highest BCUT2D eigenvalue weighted by molar-refractivity contribution is 8.00. The van der Waals surface area contributed by atoms with Crippen LogP contribution < -0.4 is 10.9 Å². The summed E-state index contributed by atoms with van der Waals surface area (Å²) in [5.41, 5.74) is 0.836. The van der Waals surface area contributed by atoms with Crippen molar-refractivity contribution in [3.8, 4) is 0 Å². The second-order valence-electron chi connectivity index (χ2n) is 8.27. The first-order valence-corrected chi connectivity index (χ1v) is 12.8. The summed E-state index contributed by atoms with van der Waals surface area (Å²) < 4.78 is 11.0. The van der Waals surface area contributed by atoms with Crippen molar-refractivity contribution in [3.05, 3.63) is 74.1 Å². The third kappa shape index (κ3) is 6.86. The van der Waals surface area contributed by atoms with Gasteiger partial charge in [0.25, 0.3) is 0 Å². The number of ether oxygens (including phenoxy) is 1. The summed E-state index contributed by atoms with van der Waals surface area (Å²) in [4.78, 5) is 39.0. The molecule has 1 atom stereocenters. The first-order chi connectivity index (χ1) is 16.8. The smallest absolute Gasteiger partial charge is 0.347 e. The van der Waals surface area contributed by atoms with Crippen LogP contribution in [0.3, 0.4) is 0 Å². The maximum Gasteiger partial charge on any atom is 0.347 e. The Morgan fingerprint density at radius 2 is 1.97 bits per heavy atom. The maximum absolute atomic E-state index is 12.4. The van der Waals surface area contributed by atoms with Gasteiger partial charge in [0, 0.05) is 36.5 Å². The lowest BCUT2D eigenvalue weighted by atomic mass is 10.1. The van der Waals surface area contributed by atoms with Crippen molar-refractivity contribution in [2.45, 2.75) is 24.5 Å². The zero-order valence-electron chi connectivity index (χ0n) is 19.0. The molecule has 2 aromatic carbocycles. The van der Waals surface area contributed by atoms with Crippen LogP contribution in [0.25, 0.3) is 11.0 Å². The highest BCUT2D eigenvalue weighted by atomic mass is 35.5. The van der Waals surface area contributed by atoms with E-state index in [0.29, 0.717) is 40.7 Å². The second kappa shape index (κ2) is 11.6. The predicted molar refractivity (Wildman–Crippen MR) is 138 cm³/mol. The minimum absolute atomic E-state index is 0.0121. The number of hydrogen-bond acceptors (Lipinski definition) is 7.